The Morgan fingerprint density at radius 1 is 1.37 bits per heavy atom. The molecule has 19 heavy (non-hydrogen) atoms. The van der Waals surface area contributed by atoms with E-state index in [1.165, 1.54) is 11.3 Å². The van der Waals surface area contributed by atoms with Gasteiger partial charge in [-0.3, -0.25) is 4.79 Å². The first kappa shape index (κ1) is 13.9. The Labute approximate surface area is 115 Å². The smallest absolute Gasteiger partial charge is 0.220 e. The van der Waals surface area contributed by atoms with Gasteiger partial charge < -0.3 is 16.0 Å². The topological polar surface area (TPSA) is 58.4 Å². The number of piperidine rings is 1. The monoisotopic (exact) mass is 261 g/mol. The van der Waals surface area contributed by atoms with Gasteiger partial charge in [0.2, 0.25) is 5.91 Å². The molecular formula is C15H23N3O. The normalized spacial score (nSPS) is 16.6. The molecule has 4 heteroatoms. The number of hydrogen-bond donors (Lipinski definition) is 2. The van der Waals surface area contributed by atoms with E-state index in [-0.39, 0.29) is 11.8 Å². The molecule has 1 fully saturated rings. The standard InChI is InChI=1S/C15H23N3O/c1-2-17-11-13-5-3-4-6-14(13)18-9-7-12(8-10-18)15(16)19/h3-6,12,17H,2,7-11H2,1H3,(H2,16,19). The third-order valence-electron chi connectivity index (χ3n) is 3.80. The van der Waals surface area contributed by atoms with E-state index in [4.69, 9.17) is 5.73 Å². The van der Waals surface area contributed by atoms with E-state index < -0.39 is 0 Å². The van der Waals surface area contributed by atoms with Gasteiger partial charge in [-0.1, -0.05) is 25.1 Å². The Bertz CT molecular complexity index is 425. The van der Waals surface area contributed by atoms with Crippen molar-refractivity contribution in [2.24, 2.45) is 11.7 Å². The number of carbonyl (C=O) groups is 1. The summed E-state index contributed by atoms with van der Waals surface area (Å²) in [7, 11) is 0. The SMILES string of the molecule is CCNCc1ccccc1N1CCC(C(N)=O)CC1. The van der Waals surface area contributed by atoms with E-state index in [1.807, 2.05) is 0 Å². The molecule has 2 rings (SSSR count). The third-order valence-corrected chi connectivity index (χ3v) is 3.80. The zero-order valence-corrected chi connectivity index (χ0v) is 11.6. The summed E-state index contributed by atoms with van der Waals surface area (Å²) in [6, 6.07) is 8.48. The van der Waals surface area contributed by atoms with Crippen LogP contribution in [0.3, 0.4) is 0 Å². The van der Waals surface area contributed by atoms with E-state index in [0.29, 0.717) is 0 Å². The van der Waals surface area contributed by atoms with Crippen molar-refractivity contribution in [2.45, 2.75) is 26.3 Å². The summed E-state index contributed by atoms with van der Waals surface area (Å²) in [4.78, 5) is 13.6. The highest BCUT2D eigenvalue weighted by molar-refractivity contribution is 5.77. The molecule has 1 aliphatic rings. The molecule has 3 N–H and O–H groups in total. The Balaban J connectivity index is 2.04. The predicted molar refractivity (Wildman–Crippen MR) is 78.0 cm³/mol. The molecule has 1 aromatic rings. The van der Waals surface area contributed by atoms with Gasteiger partial charge in [-0.15, -0.1) is 0 Å². The number of hydrogen-bond acceptors (Lipinski definition) is 3. The Hall–Kier alpha value is -1.55. The summed E-state index contributed by atoms with van der Waals surface area (Å²) >= 11 is 0. The molecule has 0 saturated carbocycles. The fourth-order valence-corrected chi connectivity index (χ4v) is 2.63. The highest BCUT2D eigenvalue weighted by Gasteiger charge is 2.23. The average Bonchev–Trinajstić information content (AvgIpc) is 2.45. The van der Waals surface area contributed by atoms with E-state index in [2.05, 4.69) is 41.4 Å². The maximum atomic E-state index is 11.2. The van der Waals surface area contributed by atoms with Crippen LogP contribution in [-0.4, -0.2) is 25.5 Å². The first-order valence-electron chi connectivity index (χ1n) is 7.05. The lowest BCUT2D eigenvalue weighted by Gasteiger charge is -2.33. The van der Waals surface area contributed by atoms with E-state index in [9.17, 15) is 4.79 Å². The van der Waals surface area contributed by atoms with Crippen LogP contribution in [-0.2, 0) is 11.3 Å². The molecule has 104 valence electrons. The summed E-state index contributed by atoms with van der Waals surface area (Å²) in [6.07, 6.45) is 1.73. The number of rotatable bonds is 5. The summed E-state index contributed by atoms with van der Waals surface area (Å²) in [5.74, 6) is -0.0993. The molecule has 1 amide bonds. The number of anilines is 1. The third kappa shape index (κ3) is 3.47. The molecule has 0 radical (unpaired) electrons. The number of nitrogens with one attached hydrogen (secondary N) is 1. The number of nitrogens with zero attached hydrogens (tertiary/aromatic N) is 1. The molecule has 0 unspecified atom stereocenters. The maximum Gasteiger partial charge on any atom is 0.220 e. The van der Waals surface area contributed by atoms with E-state index >= 15 is 0 Å². The second-order valence-electron chi connectivity index (χ2n) is 5.07. The molecule has 1 heterocycles. The number of nitrogens with two attached hydrogens (primary N) is 1. The van der Waals surface area contributed by atoms with Crippen molar-refractivity contribution >= 4 is 11.6 Å². The van der Waals surface area contributed by atoms with Crippen molar-refractivity contribution in [3.05, 3.63) is 29.8 Å². The Kier molecular flexibility index (Phi) is 4.80. The van der Waals surface area contributed by atoms with Crippen molar-refractivity contribution < 1.29 is 4.79 Å². The van der Waals surface area contributed by atoms with Crippen molar-refractivity contribution in [3.63, 3.8) is 0 Å². The lowest BCUT2D eigenvalue weighted by Crippen LogP contribution is -2.39. The quantitative estimate of drug-likeness (QED) is 0.844. The first-order valence-corrected chi connectivity index (χ1v) is 7.05. The number of benzene rings is 1. The van der Waals surface area contributed by atoms with Gasteiger partial charge >= 0.3 is 0 Å². The minimum Gasteiger partial charge on any atom is -0.371 e. The van der Waals surface area contributed by atoms with Crippen LogP contribution in [0.25, 0.3) is 0 Å². The molecule has 0 bridgehead atoms. The predicted octanol–water partition coefficient (Wildman–Crippen LogP) is 1.50. The molecule has 1 saturated heterocycles. The maximum absolute atomic E-state index is 11.2. The highest BCUT2D eigenvalue weighted by Crippen LogP contribution is 2.26. The first-order chi connectivity index (χ1) is 9.22. The fourth-order valence-electron chi connectivity index (χ4n) is 2.63. The van der Waals surface area contributed by atoms with Gasteiger partial charge in [-0.25, -0.2) is 0 Å². The minimum atomic E-state index is -0.152. The van der Waals surface area contributed by atoms with Gasteiger partial charge in [-0.2, -0.15) is 0 Å². The summed E-state index contributed by atoms with van der Waals surface area (Å²) in [5, 5.41) is 3.37. The second kappa shape index (κ2) is 6.57. The Morgan fingerprint density at radius 2 is 2.05 bits per heavy atom. The Morgan fingerprint density at radius 3 is 2.68 bits per heavy atom. The van der Waals surface area contributed by atoms with Gasteiger partial charge in [0.15, 0.2) is 0 Å². The molecule has 0 aliphatic carbocycles. The molecule has 0 aromatic heterocycles. The minimum absolute atomic E-state index is 0.0529. The van der Waals surface area contributed by atoms with Crippen LogP contribution in [0.1, 0.15) is 25.3 Å². The van der Waals surface area contributed by atoms with Gasteiger partial charge in [-0.05, 0) is 31.0 Å². The van der Waals surface area contributed by atoms with Crippen LogP contribution in [0.4, 0.5) is 5.69 Å². The summed E-state index contributed by atoms with van der Waals surface area (Å²) in [6.45, 7) is 5.80. The summed E-state index contributed by atoms with van der Waals surface area (Å²) in [5.41, 5.74) is 7.98. The molecular weight excluding hydrogens is 238 g/mol. The van der Waals surface area contributed by atoms with Crippen molar-refractivity contribution in [1.82, 2.24) is 5.32 Å². The largest absolute Gasteiger partial charge is 0.371 e. The molecule has 0 atom stereocenters. The van der Waals surface area contributed by atoms with Crippen LogP contribution >= 0.6 is 0 Å². The molecule has 4 nitrogen and oxygen atoms in total. The highest BCUT2D eigenvalue weighted by atomic mass is 16.1. The van der Waals surface area contributed by atoms with E-state index in [1.54, 1.807) is 0 Å². The van der Waals surface area contributed by atoms with Crippen LogP contribution < -0.4 is 16.0 Å². The zero-order chi connectivity index (χ0) is 13.7. The van der Waals surface area contributed by atoms with Crippen LogP contribution in [0.15, 0.2) is 24.3 Å². The van der Waals surface area contributed by atoms with E-state index in [0.717, 1.165) is 39.0 Å². The van der Waals surface area contributed by atoms with Crippen LogP contribution in [0.2, 0.25) is 0 Å². The number of para-hydroxylation sites is 1. The number of amides is 1. The fraction of sp³-hybridized carbons (Fsp3) is 0.533. The number of carbonyl (C=O) groups excluding carboxylic acids is 1. The average molecular weight is 261 g/mol. The van der Waals surface area contributed by atoms with Crippen molar-refractivity contribution in [1.29, 1.82) is 0 Å². The lowest BCUT2D eigenvalue weighted by molar-refractivity contribution is -0.122. The molecule has 1 aromatic carbocycles. The van der Waals surface area contributed by atoms with Crippen molar-refractivity contribution in [2.75, 3.05) is 24.5 Å². The van der Waals surface area contributed by atoms with Gasteiger partial charge in [0.05, 0.1) is 0 Å². The lowest BCUT2D eigenvalue weighted by atomic mass is 9.95. The zero-order valence-electron chi connectivity index (χ0n) is 11.6. The van der Waals surface area contributed by atoms with Gasteiger partial charge in [0.1, 0.15) is 0 Å². The number of primary amides is 1. The molecule has 0 spiro atoms. The summed E-state index contributed by atoms with van der Waals surface area (Å²) < 4.78 is 0. The van der Waals surface area contributed by atoms with Crippen LogP contribution in [0, 0.1) is 5.92 Å². The molecule has 1 aliphatic heterocycles. The second-order valence-corrected chi connectivity index (χ2v) is 5.07. The van der Waals surface area contributed by atoms with Crippen molar-refractivity contribution in [3.8, 4) is 0 Å². The van der Waals surface area contributed by atoms with Gasteiger partial charge in [0.25, 0.3) is 0 Å². The van der Waals surface area contributed by atoms with Gasteiger partial charge in [0, 0.05) is 31.2 Å². The van der Waals surface area contributed by atoms with Crippen LogP contribution in [0.5, 0.6) is 0 Å².